The molecule has 2 saturated heterocycles. The molecular formula is C15H26N5O3-. The van der Waals surface area contributed by atoms with Gasteiger partial charge in [0.25, 0.3) is 0 Å². The molecular weight excluding hydrogens is 298 g/mol. The molecule has 0 aromatic carbocycles. The minimum Gasteiger partial charge on any atom is -0.770 e. The molecule has 0 aromatic heterocycles. The number of hydroxylamine groups is 1. The predicted molar refractivity (Wildman–Crippen MR) is 83.8 cm³/mol. The van der Waals surface area contributed by atoms with Gasteiger partial charge in [0, 0.05) is 32.4 Å². The molecule has 4 rings (SSSR count). The number of nitrogens with one attached hydrogen (secondary N) is 1. The number of nitrogens with zero attached hydrogens (tertiary/aromatic N) is 4. The van der Waals surface area contributed by atoms with E-state index >= 15 is 0 Å². The maximum atomic E-state index is 13.0. The molecule has 0 spiro atoms. The third-order valence-corrected chi connectivity index (χ3v) is 5.88. The summed E-state index contributed by atoms with van der Waals surface area (Å²) in [5.41, 5.74) is 3.27. The van der Waals surface area contributed by atoms with E-state index < -0.39 is 0 Å². The molecule has 0 radical (unpaired) electrons. The first-order chi connectivity index (χ1) is 11.2. The standard InChI is InChI=1S/C15H26N5O3/c1-4-10-14-13-11(22-2)6-7-12(23-3)15(13)20(21)19(14)16-18-9-5-8-17(10)18/h5,8,10-16H,4,6-7,9H2,1-3H3/q-1. The third-order valence-electron chi connectivity index (χ3n) is 5.88. The topological polar surface area (TPSA) is 66.5 Å². The van der Waals surface area contributed by atoms with Crippen LogP contribution in [0.25, 0.3) is 0 Å². The van der Waals surface area contributed by atoms with Crippen molar-refractivity contribution >= 4 is 0 Å². The van der Waals surface area contributed by atoms with E-state index in [1.54, 1.807) is 19.3 Å². The van der Waals surface area contributed by atoms with Crippen molar-refractivity contribution in [3.63, 3.8) is 0 Å². The quantitative estimate of drug-likeness (QED) is 0.803. The van der Waals surface area contributed by atoms with Gasteiger partial charge >= 0.3 is 0 Å². The molecule has 23 heavy (non-hydrogen) atoms. The van der Waals surface area contributed by atoms with E-state index in [0.717, 1.165) is 31.0 Å². The van der Waals surface area contributed by atoms with Crippen molar-refractivity contribution in [2.24, 2.45) is 5.92 Å². The highest BCUT2D eigenvalue weighted by Crippen LogP contribution is 2.45. The number of hydrazine groups is 4. The Bertz CT molecular complexity index is 478. The molecule has 0 aromatic rings. The number of fused-ring (bicyclic) bond motifs is 4. The molecule has 130 valence electrons. The Morgan fingerprint density at radius 1 is 1.17 bits per heavy atom. The number of rotatable bonds is 3. The molecule has 8 heteroatoms. The van der Waals surface area contributed by atoms with Crippen LogP contribution >= 0.6 is 0 Å². The van der Waals surface area contributed by atoms with Gasteiger partial charge in [-0.25, -0.2) is 0 Å². The van der Waals surface area contributed by atoms with E-state index in [9.17, 15) is 5.21 Å². The molecule has 0 bridgehead atoms. The smallest absolute Gasteiger partial charge is 0.0735 e. The van der Waals surface area contributed by atoms with Gasteiger partial charge in [0.2, 0.25) is 0 Å². The largest absolute Gasteiger partial charge is 0.770 e. The second kappa shape index (κ2) is 5.96. The molecule has 8 nitrogen and oxygen atoms in total. The fraction of sp³-hybridized carbons (Fsp3) is 0.867. The van der Waals surface area contributed by atoms with E-state index in [2.05, 4.69) is 29.7 Å². The van der Waals surface area contributed by atoms with Crippen molar-refractivity contribution < 1.29 is 9.47 Å². The number of hydrogen-bond acceptors (Lipinski definition) is 8. The highest BCUT2D eigenvalue weighted by Gasteiger charge is 2.58. The van der Waals surface area contributed by atoms with Gasteiger partial charge in [0.05, 0.1) is 30.8 Å². The Hall–Kier alpha value is -0.740. The van der Waals surface area contributed by atoms with Crippen molar-refractivity contribution in [2.45, 2.75) is 56.5 Å². The maximum Gasteiger partial charge on any atom is 0.0735 e. The zero-order valence-corrected chi connectivity index (χ0v) is 14.0. The van der Waals surface area contributed by atoms with Crippen molar-refractivity contribution in [3.05, 3.63) is 17.5 Å². The first-order valence-corrected chi connectivity index (χ1v) is 8.51. The maximum absolute atomic E-state index is 13.0. The van der Waals surface area contributed by atoms with Gasteiger partial charge in [-0.3, -0.25) is 10.2 Å². The van der Waals surface area contributed by atoms with Crippen LogP contribution in [0.3, 0.4) is 0 Å². The molecule has 3 heterocycles. The summed E-state index contributed by atoms with van der Waals surface area (Å²) in [6, 6.07) is 0.120. The van der Waals surface area contributed by atoms with Gasteiger partial charge < -0.3 is 14.7 Å². The Balaban J connectivity index is 1.71. The highest BCUT2D eigenvalue weighted by atomic mass is 16.6. The number of methoxy groups -OCH3 is 2. The number of hydrogen-bond donors (Lipinski definition) is 1. The van der Waals surface area contributed by atoms with E-state index in [1.165, 1.54) is 0 Å². The van der Waals surface area contributed by atoms with Gasteiger partial charge in [0.15, 0.2) is 0 Å². The van der Waals surface area contributed by atoms with Crippen LogP contribution in [0, 0.1) is 11.1 Å². The summed E-state index contributed by atoms with van der Waals surface area (Å²) in [7, 11) is 3.46. The SMILES string of the molecule is CCC1C2C3C(OC)CCC(OC)C3N([O-])N2NN2CC=CN12. The predicted octanol–water partition coefficient (Wildman–Crippen LogP) is 0.452. The van der Waals surface area contributed by atoms with Crippen molar-refractivity contribution in [2.75, 3.05) is 20.8 Å². The average molecular weight is 324 g/mol. The number of ether oxygens (including phenoxy) is 2. The van der Waals surface area contributed by atoms with Gasteiger partial charge in [-0.15, -0.1) is 5.12 Å². The Morgan fingerprint density at radius 3 is 2.61 bits per heavy atom. The lowest BCUT2D eigenvalue weighted by Crippen LogP contribution is -2.70. The van der Waals surface area contributed by atoms with Gasteiger partial charge in [-0.1, -0.05) is 6.92 Å². The molecule has 6 atom stereocenters. The van der Waals surface area contributed by atoms with Crippen LogP contribution in [0.5, 0.6) is 0 Å². The normalized spacial score (nSPS) is 44.4. The Labute approximate surface area is 137 Å². The molecule has 3 fully saturated rings. The van der Waals surface area contributed by atoms with E-state index in [1.807, 2.05) is 5.12 Å². The fourth-order valence-electron chi connectivity index (χ4n) is 4.89. The summed E-state index contributed by atoms with van der Waals surface area (Å²) in [6.07, 6.45) is 7.02. The average Bonchev–Trinajstić information content (AvgIpc) is 3.16. The van der Waals surface area contributed by atoms with Crippen molar-refractivity contribution in [1.29, 1.82) is 0 Å². The summed E-state index contributed by atoms with van der Waals surface area (Å²) in [6.45, 7) is 2.95. The first kappa shape index (κ1) is 15.8. The second-order valence-electron chi connectivity index (χ2n) is 6.75. The lowest BCUT2D eigenvalue weighted by Gasteiger charge is -2.52. The molecule has 3 aliphatic heterocycles. The summed E-state index contributed by atoms with van der Waals surface area (Å²) in [5, 5.41) is 20.1. The van der Waals surface area contributed by atoms with Crippen LogP contribution < -0.4 is 5.53 Å². The van der Waals surface area contributed by atoms with Crippen LogP contribution in [0.2, 0.25) is 0 Å². The minimum atomic E-state index is -0.199. The zero-order valence-electron chi connectivity index (χ0n) is 14.0. The lowest BCUT2D eigenvalue weighted by molar-refractivity contribution is -0.233. The second-order valence-corrected chi connectivity index (χ2v) is 6.75. The van der Waals surface area contributed by atoms with Crippen LogP contribution in [-0.4, -0.2) is 71.5 Å². The first-order valence-electron chi connectivity index (χ1n) is 8.51. The van der Waals surface area contributed by atoms with Gasteiger partial charge in [-0.05, 0) is 25.3 Å². The molecule has 6 unspecified atom stereocenters. The molecule has 4 aliphatic rings. The van der Waals surface area contributed by atoms with E-state index in [-0.39, 0.29) is 36.3 Å². The van der Waals surface area contributed by atoms with Crippen LogP contribution in [0.4, 0.5) is 0 Å². The van der Waals surface area contributed by atoms with Crippen molar-refractivity contribution in [3.8, 4) is 0 Å². The molecule has 1 N–H and O–H groups in total. The lowest BCUT2D eigenvalue weighted by atomic mass is 9.75. The fourth-order valence-corrected chi connectivity index (χ4v) is 4.89. The van der Waals surface area contributed by atoms with Crippen LogP contribution in [-0.2, 0) is 9.47 Å². The highest BCUT2D eigenvalue weighted by molar-refractivity contribution is 5.11. The summed E-state index contributed by atoms with van der Waals surface area (Å²) in [5.74, 6) is 0.129. The van der Waals surface area contributed by atoms with Crippen molar-refractivity contribution in [1.82, 2.24) is 26.0 Å². The molecule has 0 amide bonds. The Morgan fingerprint density at radius 2 is 1.91 bits per heavy atom. The molecule has 1 aliphatic carbocycles. The minimum absolute atomic E-state index is 0.0470. The van der Waals surface area contributed by atoms with E-state index in [0.29, 0.717) is 0 Å². The van der Waals surface area contributed by atoms with Crippen LogP contribution in [0.15, 0.2) is 12.3 Å². The van der Waals surface area contributed by atoms with Crippen LogP contribution in [0.1, 0.15) is 26.2 Å². The third kappa shape index (κ3) is 2.17. The zero-order chi connectivity index (χ0) is 16.1. The summed E-state index contributed by atoms with van der Waals surface area (Å²) < 4.78 is 11.4. The van der Waals surface area contributed by atoms with E-state index in [4.69, 9.17) is 9.47 Å². The summed E-state index contributed by atoms with van der Waals surface area (Å²) in [4.78, 5) is 0. The van der Waals surface area contributed by atoms with Gasteiger partial charge in [0.1, 0.15) is 0 Å². The molecule has 1 saturated carbocycles. The summed E-state index contributed by atoms with van der Waals surface area (Å²) >= 11 is 0. The monoisotopic (exact) mass is 324 g/mol. The van der Waals surface area contributed by atoms with Gasteiger partial charge in [-0.2, -0.15) is 10.7 Å². The Kier molecular flexibility index (Phi) is 4.09.